The number of hydrogen-bond donors (Lipinski definition) is 0. The van der Waals surface area contributed by atoms with E-state index in [-0.39, 0.29) is 30.0 Å². The van der Waals surface area contributed by atoms with Crippen molar-refractivity contribution in [1.29, 1.82) is 0 Å². The zero-order chi connectivity index (χ0) is 15.6. The number of carbonyl (C=O) groups is 1. The normalized spacial score (nSPS) is 20.6. The molecule has 1 heterocycles. The fraction of sp³-hybridized carbons (Fsp3) is 0.500. The first-order valence-corrected chi connectivity index (χ1v) is 9.13. The molecule has 0 aromatic heterocycles. The smallest absolute Gasteiger partial charge is 0.232 e. The van der Waals surface area contributed by atoms with Gasteiger partial charge in [0.15, 0.2) is 0 Å². The topological polar surface area (TPSA) is 63.7 Å². The van der Waals surface area contributed by atoms with E-state index in [1.165, 1.54) is 0 Å². The molecule has 7 heteroatoms. The molecule has 0 aliphatic carbocycles. The Morgan fingerprint density at radius 1 is 1.38 bits per heavy atom. The highest BCUT2D eigenvalue weighted by molar-refractivity contribution is 8.13. The van der Waals surface area contributed by atoms with Crippen molar-refractivity contribution < 1.29 is 17.9 Å². The molecule has 0 bridgehead atoms. The van der Waals surface area contributed by atoms with Crippen molar-refractivity contribution in [3.63, 3.8) is 0 Å². The monoisotopic (exact) mass is 331 g/mol. The van der Waals surface area contributed by atoms with Crippen LogP contribution in [0.2, 0.25) is 0 Å². The number of halogens is 1. The molecule has 0 radical (unpaired) electrons. The molecule has 1 fully saturated rings. The summed E-state index contributed by atoms with van der Waals surface area (Å²) in [5, 5.41) is 0. The summed E-state index contributed by atoms with van der Waals surface area (Å²) in [6.45, 7) is 2.34. The highest BCUT2D eigenvalue weighted by atomic mass is 35.7. The van der Waals surface area contributed by atoms with Crippen LogP contribution in [0.4, 0.5) is 0 Å². The predicted octanol–water partition coefficient (Wildman–Crippen LogP) is 2.17. The standard InChI is InChI=1S/C14H18ClNO4S/c1-10(12-3-5-13(20-2)6-4-12)16-8-11(7-14(16)17)9-21(15,18)19/h3-6,10-11H,7-9H2,1-2H3. The molecule has 5 nitrogen and oxygen atoms in total. The third-order valence-corrected chi connectivity index (χ3v) is 4.99. The summed E-state index contributed by atoms with van der Waals surface area (Å²) in [6, 6.07) is 7.39. The van der Waals surface area contributed by atoms with Crippen molar-refractivity contribution >= 4 is 25.6 Å². The largest absolute Gasteiger partial charge is 0.497 e. The molecule has 0 spiro atoms. The lowest BCUT2D eigenvalue weighted by molar-refractivity contribution is -0.129. The van der Waals surface area contributed by atoms with Crippen LogP contribution in [0.1, 0.15) is 24.9 Å². The van der Waals surface area contributed by atoms with Crippen molar-refractivity contribution in [2.45, 2.75) is 19.4 Å². The number of hydrogen-bond acceptors (Lipinski definition) is 4. The summed E-state index contributed by atoms with van der Waals surface area (Å²) < 4.78 is 27.4. The van der Waals surface area contributed by atoms with Gasteiger partial charge in [0.25, 0.3) is 0 Å². The second-order valence-electron chi connectivity index (χ2n) is 5.27. The minimum atomic E-state index is -3.58. The molecule has 0 saturated carbocycles. The number of benzene rings is 1. The van der Waals surface area contributed by atoms with E-state index in [2.05, 4.69) is 0 Å². The van der Waals surface area contributed by atoms with Crippen LogP contribution in [-0.2, 0) is 13.8 Å². The molecule has 21 heavy (non-hydrogen) atoms. The Balaban J connectivity index is 2.08. The molecule has 1 saturated heterocycles. The first-order chi connectivity index (χ1) is 9.80. The predicted molar refractivity (Wildman–Crippen MR) is 80.9 cm³/mol. The number of methoxy groups -OCH3 is 1. The number of ether oxygens (including phenoxy) is 1. The van der Waals surface area contributed by atoms with Crippen LogP contribution in [0.5, 0.6) is 5.75 Å². The molecule has 1 aliphatic rings. The minimum absolute atomic E-state index is 0.0383. The van der Waals surface area contributed by atoms with Gasteiger partial charge >= 0.3 is 0 Å². The van der Waals surface area contributed by atoms with Gasteiger partial charge in [-0.05, 0) is 24.6 Å². The first kappa shape index (κ1) is 16.1. The van der Waals surface area contributed by atoms with Gasteiger partial charge in [-0.1, -0.05) is 12.1 Å². The lowest BCUT2D eigenvalue weighted by Gasteiger charge is -2.25. The zero-order valence-electron chi connectivity index (χ0n) is 12.0. The van der Waals surface area contributed by atoms with E-state index in [0.717, 1.165) is 11.3 Å². The molecule has 2 rings (SSSR count). The van der Waals surface area contributed by atoms with Crippen molar-refractivity contribution in [1.82, 2.24) is 4.90 Å². The summed E-state index contributed by atoms with van der Waals surface area (Å²) in [5.74, 6) is 0.320. The highest BCUT2D eigenvalue weighted by Gasteiger charge is 2.35. The van der Waals surface area contributed by atoms with Gasteiger partial charge in [-0.3, -0.25) is 4.79 Å². The molecular formula is C14H18ClNO4S. The Morgan fingerprint density at radius 2 is 2.00 bits per heavy atom. The number of carbonyl (C=O) groups excluding carboxylic acids is 1. The Morgan fingerprint density at radius 3 is 2.52 bits per heavy atom. The molecule has 0 N–H and O–H groups in total. The van der Waals surface area contributed by atoms with Crippen molar-refractivity contribution in [2.24, 2.45) is 5.92 Å². The average molecular weight is 332 g/mol. The molecule has 1 aromatic carbocycles. The Labute approximate surface area is 129 Å². The van der Waals surface area contributed by atoms with E-state index < -0.39 is 9.05 Å². The van der Waals surface area contributed by atoms with Gasteiger partial charge in [0.2, 0.25) is 15.0 Å². The average Bonchev–Trinajstić information content (AvgIpc) is 2.76. The SMILES string of the molecule is COc1ccc(C(C)N2CC(CS(=O)(=O)Cl)CC2=O)cc1. The summed E-state index contributed by atoms with van der Waals surface area (Å²) in [7, 11) is 3.29. The first-order valence-electron chi connectivity index (χ1n) is 6.66. The number of amides is 1. The van der Waals surface area contributed by atoms with Gasteiger partial charge in [-0.25, -0.2) is 8.42 Å². The van der Waals surface area contributed by atoms with Gasteiger partial charge in [-0.2, -0.15) is 0 Å². The van der Waals surface area contributed by atoms with E-state index in [4.69, 9.17) is 15.4 Å². The molecule has 2 atom stereocenters. The highest BCUT2D eigenvalue weighted by Crippen LogP contribution is 2.30. The lowest BCUT2D eigenvalue weighted by atomic mass is 10.1. The van der Waals surface area contributed by atoms with Crippen LogP contribution in [0.3, 0.4) is 0 Å². The van der Waals surface area contributed by atoms with Gasteiger partial charge in [-0.15, -0.1) is 0 Å². The number of likely N-dealkylation sites (tertiary alicyclic amines) is 1. The van der Waals surface area contributed by atoms with E-state index in [1.54, 1.807) is 12.0 Å². The Hall–Kier alpha value is -1.27. The molecule has 2 unspecified atom stereocenters. The fourth-order valence-corrected chi connectivity index (χ4v) is 3.96. The van der Waals surface area contributed by atoms with Gasteiger partial charge in [0.1, 0.15) is 5.75 Å². The summed E-state index contributed by atoms with van der Waals surface area (Å²) >= 11 is 0. The summed E-state index contributed by atoms with van der Waals surface area (Å²) in [5.41, 5.74) is 0.985. The number of rotatable bonds is 5. The maximum Gasteiger partial charge on any atom is 0.232 e. The summed E-state index contributed by atoms with van der Waals surface area (Å²) in [6.07, 6.45) is 0.229. The molecule has 1 aromatic rings. The quantitative estimate of drug-likeness (QED) is 0.776. The van der Waals surface area contributed by atoms with E-state index in [9.17, 15) is 13.2 Å². The van der Waals surface area contributed by atoms with E-state index in [0.29, 0.717) is 6.54 Å². The van der Waals surface area contributed by atoms with Crippen LogP contribution in [-0.4, -0.2) is 38.6 Å². The van der Waals surface area contributed by atoms with Crippen LogP contribution >= 0.6 is 10.7 Å². The zero-order valence-corrected chi connectivity index (χ0v) is 13.5. The summed E-state index contributed by atoms with van der Waals surface area (Å²) in [4.78, 5) is 13.8. The van der Waals surface area contributed by atoms with Gasteiger partial charge in [0.05, 0.1) is 18.9 Å². The Bertz CT molecular complexity index is 614. The Kier molecular flexibility index (Phi) is 4.78. The second-order valence-corrected chi connectivity index (χ2v) is 8.09. The molecule has 1 aliphatic heterocycles. The lowest BCUT2D eigenvalue weighted by Crippen LogP contribution is -2.29. The van der Waals surface area contributed by atoms with Crippen LogP contribution in [0.25, 0.3) is 0 Å². The molecular weight excluding hydrogens is 314 g/mol. The second kappa shape index (κ2) is 6.23. The molecule has 116 valence electrons. The maximum atomic E-state index is 12.1. The van der Waals surface area contributed by atoms with Crippen molar-refractivity contribution in [3.8, 4) is 5.75 Å². The van der Waals surface area contributed by atoms with E-state index in [1.807, 2.05) is 31.2 Å². The number of nitrogens with zero attached hydrogens (tertiary/aromatic N) is 1. The third kappa shape index (κ3) is 4.11. The van der Waals surface area contributed by atoms with Crippen molar-refractivity contribution in [3.05, 3.63) is 29.8 Å². The van der Waals surface area contributed by atoms with Crippen LogP contribution < -0.4 is 4.74 Å². The van der Waals surface area contributed by atoms with E-state index >= 15 is 0 Å². The van der Waals surface area contributed by atoms with Crippen molar-refractivity contribution in [2.75, 3.05) is 19.4 Å². The molecule has 1 amide bonds. The fourth-order valence-electron chi connectivity index (χ4n) is 2.64. The van der Waals surface area contributed by atoms with Gasteiger partial charge < -0.3 is 9.64 Å². The van der Waals surface area contributed by atoms with Crippen LogP contribution in [0.15, 0.2) is 24.3 Å². The minimum Gasteiger partial charge on any atom is -0.497 e. The third-order valence-electron chi connectivity index (χ3n) is 3.74. The van der Waals surface area contributed by atoms with Crippen LogP contribution in [0, 0.1) is 5.92 Å². The maximum absolute atomic E-state index is 12.1. The van der Waals surface area contributed by atoms with Gasteiger partial charge in [0, 0.05) is 29.6 Å².